The molecule has 1 N–H and O–H groups in total. The molecule has 0 amide bonds. The minimum atomic E-state index is -1.28. The zero-order valence-electron chi connectivity index (χ0n) is 12.4. The first-order valence-corrected chi connectivity index (χ1v) is 7.66. The smallest absolute Gasteiger partial charge is 0.338 e. The Morgan fingerprint density at radius 3 is 2.59 bits per heavy atom. The molecular weight excluding hydrogens is 280 g/mol. The average molecular weight is 300 g/mol. The molecule has 5 nitrogen and oxygen atoms in total. The first kappa shape index (κ1) is 14.8. The number of rotatable bonds is 4. The fraction of sp³-hybridized carbons (Fsp3) is 0.412. The summed E-state index contributed by atoms with van der Waals surface area (Å²) in [6.07, 6.45) is 7.43. The highest BCUT2D eigenvalue weighted by Gasteiger charge is 2.38. The number of carbonyl (C=O) groups is 1. The van der Waals surface area contributed by atoms with Gasteiger partial charge in [-0.1, -0.05) is 18.6 Å². The van der Waals surface area contributed by atoms with Crippen LogP contribution in [-0.4, -0.2) is 26.5 Å². The van der Waals surface area contributed by atoms with E-state index in [1.807, 2.05) is 36.5 Å². The summed E-state index contributed by atoms with van der Waals surface area (Å²) >= 11 is 0. The fourth-order valence-corrected chi connectivity index (χ4v) is 2.79. The summed E-state index contributed by atoms with van der Waals surface area (Å²) in [5, 5.41) is 14.5. The van der Waals surface area contributed by atoms with Gasteiger partial charge in [0.2, 0.25) is 0 Å². The summed E-state index contributed by atoms with van der Waals surface area (Å²) in [7, 11) is 0. The van der Waals surface area contributed by atoms with Gasteiger partial charge in [-0.15, -0.1) is 0 Å². The van der Waals surface area contributed by atoms with E-state index in [1.165, 1.54) is 0 Å². The first-order chi connectivity index (χ1) is 10.7. The van der Waals surface area contributed by atoms with Gasteiger partial charge in [-0.2, -0.15) is 5.10 Å². The van der Waals surface area contributed by atoms with Gasteiger partial charge < -0.3 is 9.84 Å². The van der Waals surface area contributed by atoms with Crippen LogP contribution in [0.15, 0.2) is 42.7 Å². The van der Waals surface area contributed by atoms with E-state index < -0.39 is 11.6 Å². The maximum Gasteiger partial charge on any atom is 0.338 e. The molecule has 0 aliphatic heterocycles. The van der Waals surface area contributed by atoms with Crippen molar-refractivity contribution >= 4 is 5.97 Å². The molecule has 3 rings (SSSR count). The summed E-state index contributed by atoms with van der Waals surface area (Å²) in [5.74, 6) is -0.497. The molecular formula is C17H20N2O3. The topological polar surface area (TPSA) is 64.4 Å². The summed E-state index contributed by atoms with van der Waals surface area (Å²) in [6.45, 7) is 0.181. The molecule has 1 heterocycles. The van der Waals surface area contributed by atoms with Crippen LogP contribution in [0.2, 0.25) is 0 Å². The molecule has 22 heavy (non-hydrogen) atoms. The number of nitrogens with zero attached hydrogens (tertiary/aromatic N) is 2. The molecule has 2 aromatic rings. The van der Waals surface area contributed by atoms with Gasteiger partial charge >= 0.3 is 5.97 Å². The van der Waals surface area contributed by atoms with E-state index in [2.05, 4.69) is 5.10 Å². The quantitative estimate of drug-likeness (QED) is 0.882. The lowest BCUT2D eigenvalue weighted by atomic mass is 9.85. The number of benzene rings is 1. The van der Waals surface area contributed by atoms with Crippen LogP contribution >= 0.6 is 0 Å². The molecule has 0 unspecified atom stereocenters. The Balaban J connectivity index is 1.58. The van der Waals surface area contributed by atoms with Gasteiger partial charge in [0.25, 0.3) is 0 Å². The van der Waals surface area contributed by atoms with Crippen molar-refractivity contribution in [2.24, 2.45) is 0 Å². The normalized spacial score (nSPS) is 17.1. The van der Waals surface area contributed by atoms with Crippen molar-refractivity contribution in [1.82, 2.24) is 9.78 Å². The summed E-state index contributed by atoms with van der Waals surface area (Å²) in [6, 6.07) is 9.50. The maximum atomic E-state index is 12.1. The van der Waals surface area contributed by atoms with Crippen molar-refractivity contribution in [3.63, 3.8) is 0 Å². The van der Waals surface area contributed by atoms with Gasteiger partial charge in [0.05, 0.1) is 5.69 Å². The molecule has 1 aromatic heterocycles. The van der Waals surface area contributed by atoms with E-state index in [1.54, 1.807) is 10.9 Å². The third-order valence-corrected chi connectivity index (χ3v) is 4.14. The van der Waals surface area contributed by atoms with Crippen LogP contribution in [-0.2, 0) is 16.1 Å². The molecule has 0 saturated heterocycles. The number of hydrogen-bond donors (Lipinski definition) is 1. The van der Waals surface area contributed by atoms with Gasteiger partial charge in [0, 0.05) is 12.4 Å². The van der Waals surface area contributed by atoms with E-state index in [9.17, 15) is 9.90 Å². The second kappa shape index (κ2) is 6.32. The largest absolute Gasteiger partial charge is 0.459 e. The summed E-state index contributed by atoms with van der Waals surface area (Å²) < 4.78 is 7.05. The van der Waals surface area contributed by atoms with E-state index in [0.29, 0.717) is 12.8 Å². The molecule has 0 bridgehead atoms. The van der Waals surface area contributed by atoms with E-state index >= 15 is 0 Å². The molecule has 0 spiro atoms. The monoisotopic (exact) mass is 300 g/mol. The Hall–Kier alpha value is -2.14. The maximum absolute atomic E-state index is 12.1. The van der Waals surface area contributed by atoms with Crippen molar-refractivity contribution in [2.75, 3.05) is 0 Å². The predicted molar refractivity (Wildman–Crippen MR) is 81.4 cm³/mol. The summed E-state index contributed by atoms with van der Waals surface area (Å²) in [4.78, 5) is 12.1. The second-order valence-corrected chi connectivity index (χ2v) is 5.79. The number of aromatic nitrogens is 2. The van der Waals surface area contributed by atoms with Crippen LogP contribution in [0.5, 0.6) is 0 Å². The number of hydrogen-bond acceptors (Lipinski definition) is 4. The zero-order chi connectivity index (χ0) is 15.4. The Bertz CT molecular complexity index is 614. The SMILES string of the molecule is O=C(OCc1ccc(-n2cccn2)cc1)C1(O)CCCCC1. The van der Waals surface area contributed by atoms with Crippen LogP contribution in [0, 0.1) is 0 Å². The fourth-order valence-electron chi connectivity index (χ4n) is 2.79. The molecule has 1 saturated carbocycles. The van der Waals surface area contributed by atoms with Crippen molar-refractivity contribution < 1.29 is 14.6 Å². The van der Waals surface area contributed by atoms with Gasteiger partial charge in [-0.3, -0.25) is 0 Å². The van der Waals surface area contributed by atoms with Gasteiger partial charge in [-0.05, 0) is 49.4 Å². The highest BCUT2D eigenvalue weighted by atomic mass is 16.5. The van der Waals surface area contributed by atoms with Crippen LogP contribution < -0.4 is 0 Å². The third-order valence-electron chi connectivity index (χ3n) is 4.14. The van der Waals surface area contributed by atoms with Crippen LogP contribution in [0.3, 0.4) is 0 Å². The Morgan fingerprint density at radius 2 is 1.95 bits per heavy atom. The standard InChI is InChI=1S/C17H20N2O3/c20-16(17(21)9-2-1-3-10-17)22-13-14-5-7-15(8-6-14)19-12-4-11-18-19/h4-8,11-12,21H,1-3,9-10,13H2. The first-order valence-electron chi connectivity index (χ1n) is 7.66. The number of ether oxygens (including phenoxy) is 1. The molecule has 0 atom stereocenters. The Labute approximate surface area is 129 Å². The molecule has 0 radical (unpaired) electrons. The highest BCUT2D eigenvalue weighted by Crippen LogP contribution is 2.29. The van der Waals surface area contributed by atoms with Crippen molar-refractivity contribution in [2.45, 2.75) is 44.3 Å². The van der Waals surface area contributed by atoms with Crippen molar-refractivity contribution in [1.29, 1.82) is 0 Å². The number of aliphatic hydroxyl groups is 1. The van der Waals surface area contributed by atoms with E-state index in [-0.39, 0.29) is 6.61 Å². The molecule has 5 heteroatoms. The van der Waals surface area contributed by atoms with E-state index in [0.717, 1.165) is 30.5 Å². The molecule has 1 aliphatic rings. The van der Waals surface area contributed by atoms with Crippen molar-refractivity contribution in [3.8, 4) is 5.69 Å². The van der Waals surface area contributed by atoms with Crippen LogP contribution in [0.1, 0.15) is 37.7 Å². The predicted octanol–water partition coefficient (Wildman–Crippen LogP) is 2.61. The zero-order valence-corrected chi connectivity index (χ0v) is 12.4. The molecule has 1 aromatic carbocycles. The third kappa shape index (κ3) is 3.20. The minimum Gasteiger partial charge on any atom is -0.459 e. The molecule has 1 fully saturated rings. The Kier molecular flexibility index (Phi) is 4.24. The van der Waals surface area contributed by atoms with Gasteiger partial charge in [0.15, 0.2) is 5.60 Å². The van der Waals surface area contributed by atoms with Crippen LogP contribution in [0.4, 0.5) is 0 Å². The lowest BCUT2D eigenvalue weighted by molar-refractivity contribution is -0.170. The van der Waals surface area contributed by atoms with Gasteiger partial charge in [0.1, 0.15) is 6.61 Å². The van der Waals surface area contributed by atoms with Crippen LogP contribution in [0.25, 0.3) is 5.69 Å². The second-order valence-electron chi connectivity index (χ2n) is 5.79. The number of carbonyl (C=O) groups excluding carboxylic acids is 1. The van der Waals surface area contributed by atoms with E-state index in [4.69, 9.17) is 4.74 Å². The van der Waals surface area contributed by atoms with Crippen molar-refractivity contribution in [3.05, 3.63) is 48.3 Å². The number of esters is 1. The lowest BCUT2D eigenvalue weighted by Gasteiger charge is -2.29. The molecule has 116 valence electrons. The lowest BCUT2D eigenvalue weighted by Crippen LogP contribution is -2.41. The minimum absolute atomic E-state index is 0.181. The highest BCUT2D eigenvalue weighted by molar-refractivity contribution is 5.79. The molecule has 1 aliphatic carbocycles. The Morgan fingerprint density at radius 1 is 1.23 bits per heavy atom. The average Bonchev–Trinajstić information content (AvgIpc) is 3.08. The van der Waals surface area contributed by atoms with Gasteiger partial charge in [-0.25, -0.2) is 9.48 Å². The summed E-state index contributed by atoms with van der Waals surface area (Å²) in [5.41, 5.74) is 0.558.